The molecule has 1 aromatic carbocycles. The van der Waals surface area contributed by atoms with Crippen molar-refractivity contribution >= 4 is 33.6 Å². The fraction of sp³-hybridized carbons (Fsp3) is 0.375. The van der Waals surface area contributed by atoms with Gasteiger partial charge in [-0.25, -0.2) is 0 Å². The van der Waals surface area contributed by atoms with Gasteiger partial charge in [-0.15, -0.1) is 11.8 Å². The van der Waals surface area contributed by atoms with Crippen molar-refractivity contribution in [3.63, 3.8) is 0 Å². The number of nitrogens with one attached hydrogen (secondary N) is 1. The first kappa shape index (κ1) is 17.1. The first-order chi connectivity index (χ1) is 10.6. The molecule has 2 rings (SSSR count). The third kappa shape index (κ3) is 6.23. The van der Waals surface area contributed by atoms with Crippen LogP contribution in [-0.2, 0) is 18.3 Å². The van der Waals surface area contributed by atoms with E-state index < -0.39 is 0 Å². The monoisotopic (exact) mass is 381 g/mol. The molecular formula is C16H20BrN3OS. The van der Waals surface area contributed by atoms with Crippen LogP contribution in [0.4, 0.5) is 0 Å². The number of hydrogen-bond donors (Lipinski definition) is 1. The maximum atomic E-state index is 11.8. The summed E-state index contributed by atoms with van der Waals surface area (Å²) in [6.45, 7) is 0.719. The standard InChI is InChI=1S/C16H20BrN3OS/c1-20-12-13(11-19-20)3-2-9-18-16(21)8-10-22-15-6-4-14(17)5-7-15/h4-7,11-12H,2-3,8-10H2,1H3,(H,18,21). The van der Waals surface area contributed by atoms with Crippen LogP contribution in [0.25, 0.3) is 0 Å². The first-order valence-corrected chi connectivity index (χ1v) is 9.04. The van der Waals surface area contributed by atoms with Crippen LogP contribution in [-0.4, -0.2) is 28.0 Å². The second-order valence-corrected chi connectivity index (χ2v) is 7.11. The van der Waals surface area contributed by atoms with E-state index in [0.717, 1.165) is 29.6 Å². The first-order valence-electron chi connectivity index (χ1n) is 7.26. The minimum absolute atomic E-state index is 0.121. The van der Waals surface area contributed by atoms with Crippen LogP contribution in [0.1, 0.15) is 18.4 Å². The lowest BCUT2D eigenvalue weighted by Crippen LogP contribution is -2.24. The molecule has 0 aliphatic carbocycles. The molecule has 0 fully saturated rings. The van der Waals surface area contributed by atoms with Crippen LogP contribution in [0.15, 0.2) is 46.0 Å². The summed E-state index contributed by atoms with van der Waals surface area (Å²) in [6.07, 6.45) is 6.32. The van der Waals surface area contributed by atoms with E-state index in [1.165, 1.54) is 10.5 Å². The van der Waals surface area contributed by atoms with Crippen LogP contribution in [0, 0.1) is 0 Å². The summed E-state index contributed by atoms with van der Waals surface area (Å²) in [4.78, 5) is 12.9. The molecule has 22 heavy (non-hydrogen) atoms. The van der Waals surface area contributed by atoms with Crippen LogP contribution < -0.4 is 5.32 Å². The summed E-state index contributed by atoms with van der Waals surface area (Å²) < 4.78 is 2.87. The molecule has 0 saturated carbocycles. The maximum Gasteiger partial charge on any atom is 0.220 e. The Balaban J connectivity index is 1.55. The molecule has 0 atom stereocenters. The number of halogens is 1. The normalized spacial score (nSPS) is 10.6. The van der Waals surface area contributed by atoms with Gasteiger partial charge in [-0.2, -0.15) is 5.10 Å². The highest BCUT2D eigenvalue weighted by atomic mass is 79.9. The van der Waals surface area contributed by atoms with Gasteiger partial charge in [0.25, 0.3) is 0 Å². The number of aromatic nitrogens is 2. The third-order valence-corrected chi connectivity index (χ3v) is 4.68. The fourth-order valence-electron chi connectivity index (χ4n) is 2.00. The third-order valence-electron chi connectivity index (χ3n) is 3.13. The van der Waals surface area contributed by atoms with E-state index in [9.17, 15) is 4.79 Å². The average molecular weight is 382 g/mol. The maximum absolute atomic E-state index is 11.8. The topological polar surface area (TPSA) is 46.9 Å². The van der Waals surface area contributed by atoms with Crippen molar-refractivity contribution in [2.45, 2.75) is 24.2 Å². The summed E-state index contributed by atoms with van der Waals surface area (Å²) in [5.74, 6) is 0.923. The lowest BCUT2D eigenvalue weighted by molar-refractivity contribution is -0.120. The van der Waals surface area contributed by atoms with Crippen molar-refractivity contribution in [1.29, 1.82) is 0 Å². The van der Waals surface area contributed by atoms with Gasteiger partial charge in [0, 0.05) is 41.3 Å². The molecule has 4 nitrogen and oxygen atoms in total. The average Bonchev–Trinajstić information content (AvgIpc) is 2.91. The quantitative estimate of drug-likeness (QED) is 0.562. The molecule has 1 aromatic heterocycles. The van der Waals surface area contributed by atoms with E-state index in [0.29, 0.717) is 6.42 Å². The molecule has 0 aliphatic heterocycles. The van der Waals surface area contributed by atoms with Crippen molar-refractivity contribution in [2.24, 2.45) is 7.05 Å². The predicted octanol–water partition coefficient (Wildman–Crippen LogP) is 3.41. The Kier molecular flexibility index (Phi) is 6.99. The largest absolute Gasteiger partial charge is 0.356 e. The minimum Gasteiger partial charge on any atom is -0.356 e. The Bertz CT molecular complexity index is 598. The molecule has 0 spiro atoms. The van der Waals surface area contributed by atoms with Crippen LogP contribution in [0.3, 0.4) is 0 Å². The molecule has 0 radical (unpaired) electrons. The highest BCUT2D eigenvalue weighted by molar-refractivity contribution is 9.10. The van der Waals surface area contributed by atoms with Gasteiger partial charge in [-0.1, -0.05) is 15.9 Å². The van der Waals surface area contributed by atoms with Crippen LogP contribution in [0.5, 0.6) is 0 Å². The van der Waals surface area contributed by atoms with E-state index in [1.807, 2.05) is 31.6 Å². The van der Waals surface area contributed by atoms with Gasteiger partial charge < -0.3 is 5.32 Å². The van der Waals surface area contributed by atoms with E-state index in [1.54, 1.807) is 16.4 Å². The molecule has 0 unspecified atom stereocenters. The molecule has 118 valence electrons. The summed E-state index contributed by atoms with van der Waals surface area (Å²) in [7, 11) is 1.91. The summed E-state index contributed by atoms with van der Waals surface area (Å²) in [6, 6.07) is 8.14. The summed E-state index contributed by atoms with van der Waals surface area (Å²) in [5.41, 5.74) is 1.21. The summed E-state index contributed by atoms with van der Waals surface area (Å²) >= 11 is 5.12. The Hall–Kier alpha value is -1.27. The van der Waals surface area contributed by atoms with Crippen molar-refractivity contribution < 1.29 is 4.79 Å². The van der Waals surface area contributed by atoms with Crippen molar-refractivity contribution in [3.8, 4) is 0 Å². The van der Waals surface area contributed by atoms with Crippen LogP contribution in [0.2, 0.25) is 0 Å². The van der Waals surface area contributed by atoms with Gasteiger partial charge in [0.05, 0.1) is 6.20 Å². The van der Waals surface area contributed by atoms with E-state index in [4.69, 9.17) is 0 Å². The van der Waals surface area contributed by atoms with E-state index >= 15 is 0 Å². The number of amides is 1. The number of carbonyl (C=O) groups excluding carboxylic acids is 1. The van der Waals surface area contributed by atoms with E-state index in [2.05, 4.69) is 38.5 Å². The lowest BCUT2D eigenvalue weighted by Gasteiger charge is -2.05. The zero-order chi connectivity index (χ0) is 15.8. The Morgan fingerprint density at radius 3 is 2.82 bits per heavy atom. The Morgan fingerprint density at radius 2 is 2.14 bits per heavy atom. The molecule has 1 N–H and O–H groups in total. The zero-order valence-electron chi connectivity index (χ0n) is 12.6. The van der Waals surface area contributed by atoms with Gasteiger partial charge in [0.2, 0.25) is 5.91 Å². The number of rotatable bonds is 8. The highest BCUT2D eigenvalue weighted by Gasteiger charge is 2.02. The van der Waals surface area contributed by atoms with Crippen molar-refractivity contribution in [3.05, 3.63) is 46.7 Å². The molecular weight excluding hydrogens is 362 g/mol. The van der Waals surface area contributed by atoms with Crippen molar-refractivity contribution in [1.82, 2.24) is 15.1 Å². The second-order valence-electron chi connectivity index (χ2n) is 5.03. The number of carbonyl (C=O) groups is 1. The molecule has 0 aliphatic rings. The number of nitrogens with zero attached hydrogens (tertiary/aromatic N) is 2. The highest BCUT2D eigenvalue weighted by Crippen LogP contribution is 2.21. The van der Waals surface area contributed by atoms with Gasteiger partial charge >= 0.3 is 0 Å². The second kappa shape index (κ2) is 9.00. The number of benzene rings is 1. The molecule has 0 saturated heterocycles. The molecule has 0 bridgehead atoms. The zero-order valence-corrected chi connectivity index (χ0v) is 15.0. The van der Waals surface area contributed by atoms with Gasteiger partial charge in [-0.05, 0) is 42.7 Å². The smallest absolute Gasteiger partial charge is 0.220 e. The minimum atomic E-state index is 0.121. The number of hydrogen-bond acceptors (Lipinski definition) is 3. The van der Waals surface area contributed by atoms with Crippen molar-refractivity contribution in [2.75, 3.05) is 12.3 Å². The molecule has 6 heteroatoms. The molecule has 1 amide bonds. The fourth-order valence-corrected chi connectivity index (χ4v) is 3.12. The molecule has 2 aromatic rings. The predicted molar refractivity (Wildman–Crippen MR) is 94.0 cm³/mol. The summed E-state index contributed by atoms with van der Waals surface area (Å²) in [5, 5.41) is 7.10. The molecule has 1 heterocycles. The number of thioether (sulfide) groups is 1. The SMILES string of the molecule is Cn1cc(CCCNC(=O)CCSc2ccc(Br)cc2)cn1. The van der Waals surface area contributed by atoms with Gasteiger partial charge in [0.1, 0.15) is 0 Å². The Labute approximate surface area is 143 Å². The van der Waals surface area contributed by atoms with E-state index in [-0.39, 0.29) is 5.91 Å². The number of aryl methyl sites for hydroxylation is 2. The van der Waals surface area contributed by atoms with Gasteiger partial charge in [-0.3, -0.25) is 9.48 Å². The van der Waals surface area contributed by atoms with Crippen LogP contribution >= 0.6 is 27.7 Å². The van der Waals surface area contributed by atoms with Gasteiger partial charge in [0.15, 0.2) is 0 Å². The lowest BCUT2D eigenvalue weighted by atomic mass is 10.2. The Morgan fingerprint density at radius 1 is 1.36 bits per heavy atom.